The number of pyridine rings is 1. The molecule has 4 N–H and O–H groups in total. The molecule has 10 heteroatoms. The first-order valence-corrected chi connectivity index (χ1v) is 8.45. The van der Waals surface area contributed by atoms with Crippen LogP contribution in [0.5, 0.6) is 0 Å². The number of nitrogens with two attached hydrogens (primary N) is 1. The summed E-state index contributed by atoms with van der Waals surface area (Å²) in [5.41, 5.74) is 1.64. The van der Waals surface area contributed by atoms with Gasteiger partial charge in [-0.1, -0.05) is 0 Å². The van der Waals surface area contributed by atoms with E-state index in [1.165, 1.54) is 19.4 Å². The van der Waals surface area contributed by atoms with Gasteiger partial charge in [-0.3, -0.25) is 0 Å². The third-order valence-corrected chi connectivity index (χ3v) is 5.18. The van der Waals surface area contributed by atoms with Crippen molar-refractivity contribution in [1.82, 2.24) is 9.71 Å². The summed E-state index contributed by atoms with van der Waals surface area (Å²) in [6.45, 7) is 1.01. The van der Waals surface area contributed by atoms with E-state index in [1.807, 2.05) is 0 Å². The van der Waals surface area contributed by atoms with Crippen molar-refractivity contribution >= 4 is 31.8 Å². The van der Waals surface area contributed by atoms with Crippen LogP contribution in [0.1, 0.15) is 6.42 Å². The molecule has 1 aromatic heterocycles. The number of nitrogens with zero attached hydrogens (tertiary/aromatic N) is 1. The van der Waals surface area contributed by atoms with Crippen LogP contribution in [0.15, 0.2) is 21.6 Å². The monoisotopic (exact) mass is 380 g/mol. The highest BCUT2D eigenvalue weighted by molar-refractivity contribution is 9.10. The van der Waals surface area contributed by atoms with Crippen LogP contribution in [0.25, 0.3) is 0 Å². The molecule has 0 saturated carbocycles. The van der Waals surface area contributed by atoms with E-state index in [4.69, 9.17) is 15.3 Å². The number of aromatic nitrogens is 1. The zero-order valence-electron chi connectivity index (χ0n) is 11.4. The van der Waals surface area contributed by atoms with Crippen LogP contribution in [-0.2, 0) is 19.5 Å². The van der Waals surface area contributed by atoms with Gasteiger partial charge in [0.25, 0.3) is 0 Å². The number of methoxy groups -OCH3 is 1. The van der Waals surface area contributed by atoms with Gasteiger partial charge in [-0.15, -0.1) is 0 Å². The molecule has 0 bridgehead atoms. The van der Waals surface area contributed by atoms with Gasteiger partial charge in [-0.2, -0.15) is 0 Å². The fraction of sp³-hybridized carbons (Fsp3) is 0.545. The molecule has 0 amide bonds. The Hall–Kier alpha value is -0.780. The van der Waals surface area contributed by atoms with Gasteiger partial charge in [0.1, 0.15) is 10.5 Å². The van der Waals surface area contributed by atoms with Gasteiger partial charge in [0.05, 0.1) is 6.61 Å². The minimum atomic E-state index is -3.78. The van der Waals surface area contributed by atoms with Gasteiger partial charge < -0.3 is 14.9 Å². The quantitative estimate of drug-likeness (QED) is 0.477. The van der Waals surface area contributed by atoms with E-state index in [9.17, 15) is 8.42 Å². The molecule has 1 aromatic rings. The number of sulfonamides is 1. The number of hydrogen-bond acceptors (Lipinski definition) is 7. The number of halogens is 1. The molecule has 0 aromatic carbocycles. The molecular weight excluding hydrogens is 364 g/mol. The van der Waals surface area contributed by atoms with Crippen molar-refractivity contribution in [3.05, 3.63) is 16.7 Å². The number of hydrazine groups is 1. The predicted molar refractivity (Wildman–Crippen MR) is 80.1 cm³/mol. The van der Waals surface area contributed by atoms with Gasteiger partial charge in [0.15, 0.2) is 5.82 Å². The zero-order valence-corrected chi connectivity index (χ0v) is 13.8. The van der Waals surface area contributed by atoms with Crippen molar-refractivity contribution in [2.45, 2.75) is 16.9 Å². The summed E-state index contributed by atoms with van der Waals surface area (Å²) in [5, 5.41) is 0. The second-order valence-electron chi connectivity index (χ2n) is 4.66. The third kappa shape index (κ3) is 3.71. The van der Waals surface area contributed by atoms with Gasteiger partial charge in [0.2, 0.25) is 10.0 Å². The van der Waals surface area contributed by atoms with E-state index >= 15 is 0 Å². The second kappa shape index (κ2) is 6.55. The smallest absolute Gasteiger partial charge is 0.244 e. The van der Waals surface area contributed by atoms with Gasteiger partial charge in [0, 0.05) is 37.4 Å². The van der Waals surface area contributed by atoms with Crippen molar-refractivity contribution < 1.29 is 17.9 Å². The molecule has 1 unspecified atom stereocenters. The van der Waals surface area contributed by atoms with Crippen molar-refractivity contribution in [2.75, 3.05) is 32.3 Å². The molecule has 1 saturated heterocycles. The van der Waals surface area contributed by atoms with E-state index in [0.717, 1.165) is 0 Å². The summed E-state index contributed by atoms with van der Waals surface area (Å²) in [7, 11) is -2.24. The minimum absolute atomic E-state index is 0.0375. The predicted octanol–water partition coefficient (Wildman–Crippen LogP) is 0.213. The molecule has 0 spiro atoms. The Kier molecular flexibility index (Phi) is 5.17. The summed E-state index contributed by atoms with van der Waals surface area (Å²) < 4.78 is 38.6. The molecule has 1 fully saturated rings. The fourth-order valence-corrected chi connectivity index (χ4v) is 3.74. The van der Waals surface area contributed by atoms with Crippen molar-refractivity contribution in [3.63, 3.8) is 0 Å². The Morgan fingerprint density at radius 3 is 2.95 bits per heavy atom. The highest BCUT2D eigenvalue weighted by Gasteiger charge is 2.36. The third-order valence-electron chi connectivity index (χ3n) is 3.33. The first kappa shape index (κ1) is 16.6. The molecular formula is C11H17BrN4O4S. The van der Waals surface area contributed by atoms with Gasteiger partial charge in [-0.05, 0) is 22.0 Å². The largest absolute Gasteiger partial charge is 0.378 e. The standard InChI is InChI=1S/C11H17BrN4O4S/c1-19-11(2-3-20-7-11)6-15-21(17,18)9-4-8(12)5-14-10(9)16-13/h4-5,15H,2-3,6-7,13H2,1H3,(H,14,16). The topological polar surface area (TPSA) is 116 Å². The molecule has 0 radical (unpaired) electrons. The van der Waals surface area contributed by atoms with Crippen molar-refractivity contribution in [2.24, 2.45) is 5.84 Å². The Morgan fingerprint density at radius 2 is 2.38 bits per heavy atom. The van der Waals surface area contributed by atoms with Crippen LogP contribution in [0.3, 0.4) is 0 Å². The van der Waals surface area contributed by atoms with Crippen molar-refractivity contribution in [1.29, 1.82) is 0 Å². The first-order chi connectivity index (χ1) is 9.92. The average molecular weight is 381 g/mol. The van der Waals surface area contributed by atoms with Crippen LogP contribution in [0, 0.1) is 0 Å². The highest BCUT2D eigenvalue weighted by Crippen LogP contribution is 2.25. The Labute approximate surface area is 131 Å². The molecule has 0 aliphatic carbocycles. The fourth-order valence-electron chi connectivity index (χ4n) is 2.00. The molecule has 21 heavy (non-hydrogen) atoms. The van der Waals surface area contributed by atoms with Crippen LogP contribution >= 0.6 is 15.9 Å². The van der Waals surface area contributed by atoms with Crippen LogP contribution in [-0.4, -0.2) is 45.9 Å². The lowest BCUT2D eigenvalue weighted by Gasteiger charge is -2.25. The molecule has 1 aliphatic rings. The molecule has 1 aliphatic heterocycles. The molecule has 1 atom stereocenters. The lowest BCUT2D eigenvalue weighted by molar-refractivity contribution is -0.0120. The van der Waals surface area contributed by atoms with Crippen LogP contribution < -0.4 is 16.0 Å². The number of hydrogen-bond donors (Lipinski definition) is 3. The summed E-state index contributed by atoms with van der Waals surface area (Å²) in [6, 6.07) is 1.43. The molecule has 118 valence electrons. The minimum Gasteiger partial charge on any atom is -0.378 e. The highest BCUT2D eigenvalue weighted by atomic mass is 79.9. The normalized spacial score (nSPS) is 22.4. The molecule has 8 nitrogen and oxygen atoms in total. The Bertz CT molecular complexity index is 604. The first-order valence-electron chi connectivity index (χ1n) is 6.17. The molecule has 2 heterocycles. The lowest BCUT2D eigenvalue weighted by Crippen LogP contribution is -2.45. The average Bonchev–Trinajstić information content (AvgIpc) is 2.95. The number of nitrogens with one attached hydrogen (secondary N) is 2. The number of anilines is 1. The van der Waals surface area contributed by atoms with Crippen molar-refractivity contribution in [3.8, 4) is 0 Å². The second-order valence-corrected chi connectivity index (χ2v) is 7.31. The number of nitrogen functional groups attached to an aromatic ring is 1. The summed E-state index contributed by atoms with van der Waals surface area (Å²) in [6.07, 6.45) is 2.08. The Balaban J connectivity index is 2.20. The van der Waals surface area contributed by atoms with E-state index in [0.29, 0.717) is 24.1 Å². The van der Waals surface area contributed by atoms with Crippen LogP contribution in [0.4, 0.5) is 5.82 Å². The molecule has 2 rings (SSSR count). The summed E-state index contributed by atoms with van der Waals surface area (Å²) in [4.78, 5) is 3.88. The maximum atomic E-state index is 12.4. The number of ether oxygens (including phenoxy) is 2. The Morgan fingerprint density at radius 1 is 1.62 bits per heavy atom. The maximum Gasteiger partial charge on any atom is 0.244 e. The maximum absolute atomic E-state index is 12.4. The lowest BCUT2D eigenvalue weighted by atomic mass is 10.0. The van der Waals surface area contributed by atoms with Gasteiger partial charge in [-0.25, -0.2) is 24.0 Å². The van der Waals surface area contributed by atoms with E-state index in [2.05, 4.69) is 31.1 Å². The van der Waals surface area contributed by atoms with E-state index in [1.54, 1.807) is 0 Å². The van der Waals surface area contributed by atoms with E-state index in [-0.39, 0.29) is 17.3 Å². The summed E-state index contributed by atoms with van der Waals surface area (Å²) >= 11 is 3.19. The van der Waals surface area contributed by atoms with Gasteiger partial charge >= 0.3 is 0 Å². The summed E-state index contributed by atoms with van der Waals surface area (Å²) in [5.74, 6) is 5.37. The van der Waals surface area contributed by atoms with E-state index < -0.39 is 15.6 Å². The number of rotatable bonds is 6. The zero-order chi connectivity index (χ0) is 15.5. The van der Waals surface area contributed by atoms with Crippen LogP contribution in [0.2, 0.25) is 0 Å². The SMILES string of the molecule is COC1(CNS(=O)(=O)c2cc(Br)cnc2NN)CCOC1.